The Morgan fingerprint density at radius 2 is 2.10 bits per heavy atom. The van der Waals surface area contributed by atoms with Gasteiger partial charge in [0.2, 0.25) is 5.91 Å². The Balaban J connectivity index is 1.98. The van der Waals surface area contributed by atoms with Gasteiger partial charge in [0, 0.05) is 12.1 Å². The van der Waals surface area contributed by atoms with Gasteiger partial charge in [0.25, 0.3) is 5.91 Å². The molecule has 0 spiro atoms. The number of hydrogen-bond acceptors (Lipinski definition) is 3. The molecule has 5 nitrogen and oxygen atoms in total. The van der Waals surface area contributed by atoms with E-state index in [1.54, 1.807) is 13.0 Å². The Morgan fingerprint density at radius 3 is 2.86 bits per heavy atom. The van der Waals surface area contributed by atoms with Crippen molar-refractivity contribution in [3.63, 3.8) is 0 Å². The fourth-order valence-electron chi connectivity index (χ4n) is 2.00. The first-order valence-corrected chi connectivity index (χ1v) is 7.12. The lowest BCUT2D eigenvalue weighted by molar-refractivity contribution is -0.127. The van der Waals surface area contributed by atoms with Crippen LogP contribution in [0, 0.1) is 0 Å². The molecule has 1 heterocycles. The molecule has 1 atom stereocenters. The molecule has 0 aromatic heterocycles. The molecule has 21 heavy (non-hydrogen) atoms. The van der Waals surface area contributed by atoms with Crippen LogP contribution in [0.3, 0.4) is 0 Å². The van der Waals surface area contributed by atoms with Crippen LogP contribution in [0.1, 0.15) is 25.8 Å². The Hall–Kier alpha value is -2.30. The molecule has 1 aromatic rings. The highest BCUT2D eigenvalue weighted by Crippen LogP contribution is 2.25. The minimum Gasteiger partial charge on any atom is -0.488 e. The summed E-state index contributed by atoms with van der Waals surface area (Å²) in [6.07, 6.45) is 2.66. The number of nitrogens with one attached hydrogen (secondary N) is 2. The van der Waals surface area contributed by atoms with Gasteiger partial charge >= 0.3 is 0 Å². The second-order valence-corrected chi connectivity index (χ2v) is 4.98. The lowest BCUT2D eigenvalue weighted by Gasteiger charge is -2.19. The SMILES string of the molecule is CCCNC(=O)[C@H](C)NC(=O)C1=Cc2ccccc2OC1. The van der Waals surface area contributed by atoms with Crippen molar-refractivity contribution >= 4 is 17.9 Å². The van der Waals surface area contributed by atoms with Crippen LogP contribution in [-0.2, 0) is 9.59 Å². The lowest BCUT2D eigenvalue weighted by atomic mass is 10.1. The summed E-state index contributed by atoms with van der Waals surface area (Å²) in [6.45, 7) is 4.47. The van der Waals surface area contributed by atoms with Crippen molar-refractivity contribution in [2.24, 2.45) is 0 Å². The Kier molecular flexibility index (Phi) is 4.98. The fraction of sp³-hybridized carbons (Fsp3) is 0.375. The van der Waals surface area contributed by atoms with E-state index in [-0.39, 0.29) is 18.4 Å². The number of hydrogen-bond donors (Lipinski definition) is 2. The van der Waals surface area contributed by atoms with Gasteiger partial charge in [-0.15, -0.1) is 0 Å². The standard InChI is InChI=1S/C16H20N2O3/c1-3-8-17-15(19)11(2)18-16(20)13-9-12-6-4-5-7-14(12)21-10-13/h4-7,9,11H,3,8,10H2,1-2H3,(H,17,19)(H,18,20)/t11-/m0/s1. The molecule has 0 radical (unpaired) electrons. The number of amides is 2. The highest BCUT2D eigenvalue weighted by molar-refractivity contribution is 6.01. The summed E-state index contributed by atoms with van der Waals surface area (Å²) in [5, 5.41) is 5.44. The van der Waals surface area contributed by atoms with Gasteiger partial charge in [-0.2, -0.15) is 0 Å². The van der Waals surface area contributed by atoms with E-state index >= 15 is 0 Å². The lowest BCUT2D eigenvalue weighted by Crippen LogP contribution is -2.46. The van der Waals surface area contributed by atoms with Crippen molar-refractivity contribution in [3.05, 3.63) is 35.4 Å². The van der Waals surface area contributed by atoms with Gasteiger partial charge in [-0.25, -0.2) is 0 Å². The van der Waals surface area contributed by atoms with E-state index < -0.39 is 6.04 Å². The summed E-state index contributed by atoms with van der Waals surface area (Å²) in [5.41, 5.74) is 1.39. The topological polar surface area (TPSA) is 67.4 Å². The quantitative estimate of drug-likeness (QED) is 0.862. The number of ether oxygens (including phenoxy) is 1. The zero-order valence-corrected chi connectivity index (χ0v) is 12.3. The number of para-hydroxylation sites is 1. The van der Waals surface area contributed by atoms with Gasteiger partial charge in [-0.3, -0.25) is 9.59 Å². The van der Waals surface area contributed by atoms with Gasteiger partial charge in [-0.05, 0) is 25.5 Å². The maximum Gasteiger partial charge on any atom is 0.251 e. The van der Waals surface area contributed by atoms with E-state index in [2.05, 4.69) is 10.6 Å². The van der Waals surface area contributed by atoms with E-state index in [9.17, 15) is 9.59 Å². The van der Waals surface area contributed by atoms with Crippen LogP contribution >= 0.6 is 0 Å². The second-order valence-electron chi connectivity index (χ2n) is 4.98. The maximum atomic E-state index is 12.2. The van der Waals surface area contributed by atoms with Gasteiger partial charge in [0.15, 0.2) is 0 Å². The van der Waals surface area contributed by atoms with Crippen molar-refractivity contribution < 1.29 is 14.3 Å². The minimum absolute atomic E-state index is 0.178. The smallest absolute Gasteiger partial charge is 0.251 e. The van der Waals surface area contributed by atoms with Crippen LogP contribution in [0.5, 0.6) is 5.75 Å². The summed E-state index contributed by atoms with van der Waals surface area (Å²) in [6, 6.07) is 6.96. The molecule has 1 aliphatic heterocycles. The molecule has 1 aliphatic rings. The number of fused-ring (bicyclic) bond motifs is 1. The minimum atomic E-state index is -0.567. The first kappa shape index (κ1) is 15.1. The van der Waals surface area contributed by atoms with Crippen LogP contribution in [0.25, 0.3) is 6.08 Å². The molecule has 0 bridgehead atoms. The number of carbonyl (C=O) groups excluding carboxylic acids is 2. The van der Waals surface area contributed by atoms with Crippen LogP contribution in [-0.4, -0.2) is 31.0 Å². The fourth-order valence-corrected chi connectivity index (χ4v) is 2.00. The molecule has 0 unspecified atom stereocenters. The van der Waals surface area contributed by atoms with E-state index in [1.165, 1.54) is 0 Å². The molecule has 2 amide bonds. The predicted octanol–water partition coefficient (Wildman–Crippen LogP) is 1.49. The summed E-state index contributed by atoms with van der Waals surface area (Å²) >= 11 is 0. The molecule has 2 rings (SSSR count). The van der Waals surface area contributed by atoms with Crippen molar-refractivity contribution in [1.82, 2.24) is 10.6 Å². The number of rotatable bonds is 5. The third kappa shape index (κ3) is 3.84. The van der Waals surface area contributed by atoms with Crippen LogP contribution in [0.4, 0.5) is 0 Å². The predicted molar refractivity (Wildman–Crippen MR) is 80.8 cm³/mol. The van der Waals surface area contributed by atoms with Gasteiger partial charge in [0.1, 0.15) is 18.4 Å². The maximum absolute atomic E-state index is 12.2. The first-order valence-electron chi connectivity index (χ1n) is 7.12. The van der Waals surface area contributed by atoms with Gasteiger partial charge in [-0.1, -0.05) is 25.1 Å². The zero-order chi connectivity index (χ0) is 15.2. The highest BCUT2D eigenvalue weighted by Gasteiger charge is 2.20. The van der Waals surface area contributed by atoms with E-state index in [0.717, 1.165) is 17.7 Å². The highest BCUT2D eigenvalue weighted by atomic mass is 16.5. The number of carbonyl (C=O) groups is 2. The summed E-state index contributed by atoms with van der Waals surface area (Å²) in [5.74, 6) is 0.314. The molecule has 0 saturated carbocycles. The largest absolute Gasteiger partial charge is 0.488 e. The number of benzene rings is 1. The van der Waals surface area contributed by atoms with Crippen molar-refractivity contribution in [1.29, 1.82) is 0 Å². The Morgan fingerprint density at radius 1 is 1.33 bits per heavy atom. The van der Waals surface area contributed by atoms with Crippen LogP contribution < -0.4 is 15.4 Å². The molecular weight excluding hydrogens is 268 g/mol. The summed E-state index contributed by atoms with van der Waals surface area (Å²) in [7, 11) is 0. The monoisotopic (exact) mass is 288 g/mol. The van der Waals surface area contributed by atoms with E-state index in [1.807, 2.05) is 31.2 Å². The van der Waals surface area contributed by atoms with E-state index in [0.29, 0.717) is 12.1 Å². The van der Waals surface area contributed by atoms with E-state index in [4.69, 9.17) is 4.74 Å². The van der Waals surface area contributed by atoms with Gasteiger partial charge < -0.3 is 15.4 Å². The molecule has 1 aromatic carbocycles. The molecule has 5 heteroatoms. The molecule has 0 saturated heterocycles. The summed E-state index contributed by atoms with van der Waals surface area (Å²) in [4.78, 5) is 23.9. The normalized spacial score (nSPS) is 14.3. The molecular formula is C16H20N2O3. The third-order valence-corrected chi connectivity index (χ3v) is 3.21. The average Bonchev–Trinajstić information content (AvgIpc) is 2.51. The second kappa shape index (κ2) is 6.92. The van der Waals surface area contributed by atoms with Gasteiger partial charge in [0.05, 0.1) is 5.57 Å². The average molecular weight is 288 g/mol. The Bertz CT molecular complexity index is 566. The van der Waals surface area contributed by atoms with Crippen LogP contribution in [0.15, 0.2) is 29.8 Å². The molecule has 2 N–H and O–H groups in total. The van der Waals surface area contributed by atoms with Crippen molar-refractivity contribution in [3.8, 4) is 5.75 Å². The Labute approximate surface area is 124 Å². The molecule has 0 fully saturated rings. The first-order chi connectivity index (χ1) is 10.1. The molecule has 112 valence electrons. The van der Waals surface area contributed by atoms with Crippen LogP contribution in [0.2, 0.25) is 0 Å². The summed E-state index contributed by atoms with van der Waals surface area (Å²) < 4.78 is 5.53. The zero-order valence-electron chi connectivity index (χ0n) is 12.3. The third-order valence-electron chi connectivity index (χ3n) is 3.21. The van der Waals surface area contributed by atoms with Crippen molar-refractivity contribution in [2.45, 2.75) is 26.3 Å². The molecule has 0 aliphatic carbocycles. The van der Waals surface area contributed by atoms with Crippen molar-refractivity contribution in [2.75, 3.05) is 13.2 Å².